The lowest BCUT2D eigenvalue weighted by molar-refractivity contribution is -0.132. The molecule has 2 aliphatic heterocycles. The minimum Gasteiger partial charge on any atom is -0.336 e. The summed E-state index contributed by atoms with van der Waals surface area (Å²) in [6.07, 6.45) is 6.78. The van der Waals surface area contributed by atoms with Gasteiger partial charge in [-0.05, 0) is 31.2 Å². The van der Waals surface area contributed by atoms with Gasteiger partial charge in [0.1, 0.15) is 0 Å². The van der Waals surface area contributed by atoms with Crippen LogP contribution >= 0.6 is 0 Å². The van der Waals surface area contributed by atoms with E-state index in [1.54, 1.807) is 6.92 Å². The lowest BCUT2D eigenvalue weighted by atomic mass is 9.95. The second-order valence-electron chi connectivity index (χ2n) is 5.43. The molecule has 2 aliphatic rings. The van der Waals surface area contributed by atoms with Crippen molar-refractivity contribution in [3.63, 3.8) is 0 Å². The van der Waals surface area contributed by atoms with E-state index in [1.165, 1.54) is 24.0 Å². The number of benzene rings is 1. The predicted molar refractivity (Wildman–Crippen MR) is 73.0 cm³/mol. The van der Waals surface area contributed by atoms with Gasteiger partial charge in [0.15, 0.2) is 0 Å². The van der Waals surface area contributed by atoms with Crippen molar-refractivity contribution in [2.75, 3.05) is 0 Å². The van der Waals surface area contributed by atoms with Crippen LogP contribution in [0.2, 0.25) is 0 Å². The van der Waals surface area contributed by atoms with Crippen LogP contribution in [0.5, 0.6) is 0 Å². The third-order valence-corrected chi connectivity index (χ3v) is 4.15. The van der Waals surface area contributed by atoms with E-state index >= 15 is 0 Å². The smallest absolute Gasteiger partial charge is 0.219 e. The SMILES string of the molecule is CC(=O)N1C2CC[C@@H]1CC(=Cc1ccccc1)C2. The van der Waals surface area contributed by atoms with Crippen LogP contribution in [-0.4, -0.2) is 22.9 Å². The molecule has 0 radical (unpaired) electrons. The Morgan fingerprint density at radius 2 is 1.78 bits per heavy atom. The molecule has 94 valence electrons. The number of carbonyl (C=O) groups excluding carboxylic acids is 1. The van der Waals surface area contributed by atoms with Crippen molar-refractivity contribution < 1.29 is 4.79 Å². The van der Waals surface area contributed by atoms with E-state index in [0.29, 0.717) is 12.1 Å². The van der Waals surface area contributed by atoms with Gasteiger partial charge >= 0.3 is 0 Å². The average molecular weight is 241 g/mol. The Kier molecular flexibility index (Phi) is 2.94. The molecule has 0 aliphatic carbocycles. The van der Waals surface area contributed by atoms with Crippen LogP contribution in [0, 0.1) is 0 Å². The summed E-state index contributed by atoms with van der Waals surface area (Å²) in [4.78, 5) is 13.7. The van der Waals surface area contributed by atoms with Crippen LogP contribution in [0.15, 0.2) is 35.9 Å². The molecule has 2 bridgehead atoms. The fourth-order valence-electron chi connectivity index (χ4n) is 3.47. The molecule has 18 heavy (non-hydrogen) atoms. The second kappa shape index (κ2) is 4.60. The number of hydrogen-bond donors (Lipinski definition) is 0. The Morgan fingerprint density at radius 3 is 2.33 bits per heavy atom. The Labute approximate surface area is 108 Å². The van der Waals surface area contributed by atoms with Crippen molar-refractivity contribution in [3.8, 4) is 0 Å². The van der Waals surface area contributed by atoms with E-state index in [9.17, 15) is 4.79 Å². The third kappa shape index (κ3) is 2.07. The van der Waals surface area contributed by atoms with E-state index in [4.69, 9.17) is 0 Å². The molecule has 2 nitrogen and oxygen atoms in total. The van der Waals surface area contributed by atoms with Crippen LogP contribution in [0.4, 0.5) is 0 Å². The number of hydrogen-bond acceptors (Lipinski definition) is 1. The molecule has 0 spiro atoms. The Bertz CT molecular complexity index is 461. The molecule has 2 atom stereocenters. The van der Waals surface area contributed by atoms with Gasteiger partial charge in [-0.15, -0.1) is 0 Å². The molecule has 1 aromatic rings. The number of fused-ring (bicyclic) bond motifs is 2. The van der Waals surface area contributed by atoms with Gasteiger partial charge in [0.05, 0.1) is 0 Å². The van der Waals surface area contributed by atoms with E-state index < -0.39 is 0 Å². The lowest BCUT2D eigenvalue weighted by Gasteiger charge is -2.35. The molecule has 2 heterocycles. The van der Waals surface area contributed by atoms with Gasteiger partial charge in [-0.1, -0.05) is 42.0 Å². The molecule has 1 amide bonds. The largest absolute Gasteiger partial charge is 0.336 e. The first kappa shape index (κ1) is 11.5. The van der Waals surface area contributed by atoms with Crippen molar-refractivity contribution in [2.24, 2.45) is 0 Å². The second-order valence-corrected chi connectivity index (χ2v) is 5.43. The molecule has 0 saturated carbocycles. The number of rotatable bonds is 1. The quantitative estimate of drug-likeness (QED) is 0.739. The summed E-state index contributed by atoms with van der Waals surface area (Å²) < 4.78 is 0. The standard InChI is InChI=1S/C16H19NO/c1-12(18)17-15-7-8-16(17)11-14(10-15)9-13-5-3-2-4-6-13/h2-6,9,15-16H,7-8,10-11H2,1H3/t15-,16?/m1/s1. The molecule has 3 rings (SSSR count). The highest BCUT2D eigenvalue weighted by molar-refractivity contribution is 5.75. The average Bonchev–Trinajstić information content (AvgIpc) is 2.63. The minimum atomic E-state index is 0.251. The first-order valence-electron chi connectivity index (χ1n) is 6.77. The number of amides is 1. The maximum absolute atomic E-state index is 11.6. The van der Waals surface area contributed by atoms with Crippen molar-refractivity contribution >= 4 is 12.0 Å². The highest BCUT2D eigenvalue weighted by Gasteiger charge is 2.39. The van der Waals surface area contributed by atoms with Crippen molar-refractivity contribution in [3.05, 3.63) is 41.5 Å². The molecule has 2 heteroatoms. The summed E-state index contributed by atoms with van der Waals surface area (Å²) in [5.41, 5.74) is 2.79. The summed E-state index contributed by atoms with van der Waals surface area (Å²) in [6, 6.07) is 11.4. The first-order valence-corrected chi connectivity index (χ1v) is 6.77. The highest BCUT2D eigenvalue weighted by Crippen LogP contribution is 2.38. The van der Waals surface area contributed by atoms with Crippen molar-refractivity contribution in [1.82, 2.24) is 4.90 Å². The van der Waals surface area contributed by atoms with E-state index in [1.807, 2.05) is 6.07 Å². The molecule has 1 unspecified atom stereocenters. The van der Waals surface area contributed by atoms with Crippen LogP contribution in [0.3, 0.4) is 0 Å². The van der Waals surface area contributed by atoms with Gasteiger partial charge < -0.3 is 4.90 Å². The normalized spacial score (nSPS) is 28.7. The molecule has 2 saturated heterocycles. The molecule has 0 N–H and O–H groups in total. The van der Waals surface area contributed by atoms with Crippen molar-refractivity contribution in [2.45, 2.75) is 44.7 Å². The fourth-order valence-corrected chi connectivity index (χ4v) is 3.47. The summed E-state index contributed by atoms with van der Waals surface area (Å²) in [6.45, 7) is 1.71. The Hall–Kier alpha value is -1.57. The zero-order chi connectivity index (χ0) is 12.5. The maximum Gasteiger partial charge on any atom is 0.219 e. The monoisotopic (exact) mass is 241 g/mol. The first-order chi connectivity index (χ1) is 8.74. The molecule has 2 fully saturated rings. The summed E-state index contributed by atoms with van der Waals surface area (Å²) >= 11 is 0. The lowest BCUT2D eigenvalue weighted by Crippen LogP contribution is -2.43. The minimum absolute atomic E-state index is 0.251. The summed E-state index contributed by atoms with van der Waals surface area (Å²) in [5.74, 6) is 0.251. The molecular weight excluding hydrogens is 222 g/mol. The zero-order valence-electron chi connectivity index (χ0n) is 10.8. The van der Waals surface area contributed by atoms with Gasteiger partial charge in [0.2, 0.25) is 5.91 Å². The Morgan fingerprint density at radius 1 is 1.17 bits per heavy atom. The van der Waals surface area contributed by atoms with Gasteiger partial charge in [0, 0.05) is 19.0 Å². The fraction of sp³-hybridized carbons (Fsp3) is 0.438. The third-order valence-electron chi connectivity index (χ3n) is 4.15. The zero-order valence-corrected chi connectivity index (χ0v) is 10.8. The van der Waals surface area contributed by atoms with Crippen LogP contribution < -0.4 is 0 Å². The number of carbonyl (C=O) groups is 1. The number of nitrogens with zero attached hydrogens (tertiary/aromatic N) is 1. The Balaban J connectivity index is 1.80. The molecular formula is C16H19NO. The van der Waals surface area contributed by atoms with Crippen LogP contribution in [0.25, 0.3) is 6.08 Å². The van der Waals surface area contributed by atoms with Crippen LogP contribution in [-0.2, 0) is 4.79 Å². The van der Waals surface area contributed by atoms with Gasteiger partial charge in [-0.3, -0.25) is 4.79 Å². The molecule has 1 aromatic carbocycles. The van der Waals surface area contributed by atoms with E-state index in [2.05, 4.69) is 35.2 Å². The van der Waals surface area contributed by atoms with Gasteiger partial charge in [-0.2, -0.15) is 0 Å². The van der Waals surface area contributed by atoms with Crippen LogP contribution in [0.1, 0.15) is 38.2 Å². The van der Waals surface area contributed by atoms with E-state index in [-0.39, 0.29) is 5.91 Å². The topological polar surface area (TPSA) is 20.3 Å². The molecule has 0 aromatic heterocycles. The maximum atomic E-state index is 11.6. The number of piperidine rings is 1. The van der Waals surface area contributed by atoms with Crippen molar-refractivity contribution in [1.29, 1.82) is 0 Å². The van der Waals surface area contributed by atoms with Gasteiger partial charge in [-0.25, -0.2) is 0 Å². The highest BCUT2D eigenvalue weighted by atomic mass is 16.2. The predicted octanol–water partition coefficient (Wildman–Crippen LogP) is 3.24. The van der Waals surface area contributed by atoms with E-state index in [0.717, 1.165) is 12.8 Å². The summed E-state index contributed by atoms with van der Waals surface area (Å²) in [5, 5.41) is 0. The summed E-state index contributed by atoms with van der Waals surface area (Å²) in [7, 11) is 0. The van der Waals surface area contributed by atoms with Gasteiger partial charge in [0.25, 0.3) is 0 Å².